The van der Waals surface area contributed by atoms with Crippen molar-refractivity contribution in [3.63, 3.8) is 0 Å². The number of aromatic nitrogens is 2. The Labute approximate surface area is 137 Å². The third kappa shape index (κ3) is 4.11. The minimum atomic E-state index is -0.0250. The van der Waals surface area contributed by atoms with Gasteiger partial charge in [-0.25, -0.2) is 0 Å². The second-order valence-electron chi connectivity index (χ2n) is 5.00. The van der Waals surface area contributed by atoms with E-state index in [2.05, 4.69) is 45.4 Å². The fourth-order valence-corrected chi connectivity index (χ4v) is 3.32. The number of carbonyl (C=O) groups excluding carboxylic acids is 1. The quantitative estimate of drug-likeness (QED) is 0.835. The van der Waals surface area contributed by atoms with Crippen LogP contribution in [0.2, 0.25) is 0 Å². The highest BCUT2D eigenvalue weighted by atomic mass is 79.9. The zero-order chi connectivity index (χ0) is 15.6. The van der Waals surface area contributed by atoms with Crippen molar-refractivity contribution in [1.82, 2.24) is 9.78 Å². The molecule has 0 fully saturated rings. The summed E-state index contributed by atoms with van der Waals surface area (Å²) in [6, 6.07) is 6.04. The summed E-state index contributed by atoms with van der Waals surface area (Å²) in [5, 5.41) is 7.09. The lowest BCUT2D eigenvalue weighted by molar-refractivity contribution is -0.113. The van der Waals surface area contributed by atoms with E-state index in [1.54, 1.807) is 16.4 Å². The number of hydrogen-bond donors (Lipinski definition) is 1. The van der Waals surface area contributed by atoms with Gasteiger partial charge in [-0.05, 0) is 44.0 Å². The van der Waals surface area contributed by atoms with Crippen molar-refractivity contribution < 1.29 is 4.79 Å². The van der Waals surface area contributed by atoms with E-state index in [1.165, 1.54) is 11.1 Å². The number of anilines is 1. The lowest BCUT2D eigenvalue weighted by Crippen LogP contribution is -2.16. The summed E-state index contributed by atoms with van der Waals surface area (Å²) < 4.78 is 2.77. The monoisotopic (exact) mass is 367 g/mol. The van der Waals surface area contributed by atoms with Gasteiger partial charge in [-0.15, -0.1) is 11.8 Å². The summed E-state index contributed by atoms with van der Waals surface area (Å²) in [5.41, 5.74) is 3.23. The van der Waals surface area contributed by atoms with Crippen LogP contribution in [-0.4, -0.2) is 21.4 Å². The molecule has 1 aromatic heterocycles. The molecule has 0 saturated carbocycles. The molecule has 0 bridgehead atoms. The van der Waals surface area contributed by atoms with Crippen molar-refractivity contribution in [2.75, 3.05) is 11.1 Å². The number of carbonyl (C=O) groups is 1. The average Bonchev–Trinajstić information content (AvgIpc) is 2.70. The molecule has 0 aliphatic carbocycles. The zero-order valence-electron chi connectivity index (χ0n) is 12.5. The number of benzene rings is 1. The Kier molecular flexibility index (Phi) is 5.11. The Balaban J connectivity index is 1.98. The van der Waals surface area contributed by atoms with E-state index in [1.807, 2.05) is 27.0 Å². The van der Waals surface area contributed by atoms with E-state index in [4.69, 9.17) is 0 Å². The minimum Gasteiger partial charge on any atom is -0.310 e. The van der Waals surface area contributed by atoms with Gasteiger partial charge in [0.1, 0.15) is 5.82 Å². The van der Waals surface area contributed by atoms with Gasteiger partial charge in [0.25, 0.3) is 0 Å². The third-order valence-corrected chi connectivity index (χ3v) is 5.10. The summed E-state index contributed by atoms with van der Waals surface area (Å²) in [6.45, 7) is 6.00. The van der Waals surface area contributed by atoms with Gasteiger partial charge in [-0.3, -0.25) is 9.48 Å². The second kappa shape index (κ2) is 6.66. The smallest absolute Gasteiger partial charge is 0.235 e. The SMILES string of the molecule is Cc1cc(NC(=O)CSc2cc(C)c(Br)cc2C)n(C)n1. The maximum atomic E-state index is 12.0. The van der Waals surface area contributed by atoms with Crippen LogP contribution in [-0.2, 0) is 11.8 Å². The van der Waals surface area contributed by atoms with Crippen LogP contribution in [0.4, 0.5) is 5.82 Å². The number of aryl methyl sites for hydroxylation is 4. The van der Waals surface area contributed by atoms with Gasteiger partial charge in [-0.1, -0.05) is 15.9 Å². The molecule has 1 amide bonds. The number of halogens is 1. The molecule has 0 unspecified atom stereocenters. The van der Waals surface area contributed by atoms with Gasteiger partial charge in [-0.2, -0.15) is 5.10 Å². The van der Waals surface area contributed by atoms with E-state index in [0.29, 0.717) is 5.75 Å². The van der Waals surface area contributed by atoms with Crippen molar-refractivity contribution >= 4 is 39.4 Å². The summed E-state index contributed by atoms with van der Waals surface area (Å²) in [5.74, 6) is 1.08. The first-order valence-corrected chi connectivity index (χ1v) is 8.34. The van der Waals surface area contributed by atoms with Gasteiger partial charge >= 0.3 is 0 Å². The van der Waals surface area contributed by atoms with Crippen molar-refractivity contribution in [1.29, 1.82) is 0 Å². The van der Waals surface area contributed by atoms with Gasteiger partial charge in [0.2, 0.25) is 5.91 Å². The molecule has 2 aromatic rings. The molecule has 0 spiro atoms. The number of amides is 1. The first-order valence-electron chi connectivity index (χ1n) is 6.57. The standard InChI is InChI=1S/C15H18BrN3OS/c1-9-6-13(10(2)5-12(9)16)21-8-15(20)17-14-7-11(3)18-19(14)4/h5-7H,8H2,1-4H3,(H,17,20). The predicted molar refractivity (Wildman–Crippen MR) is 90.9 cm³/mol. The van der Waals surface area contributed by atoms with Gasteiger partial charge in [0, 0.05) is 22.5 Å². The molecule has 21 heavy (non-hydrogen) atoms. The molecule has 0 aliphatic rings. The van der Waals surface area contributed by atoms with E-state index in [0.717, 1.165) is 20.9 Å². The van der Waals surface area contributed by atoms with Crippen molar-refractivity contribution in [3.05, 3.63) is 39.5 Å². The van der Waals surface area contributed by atoms with Crippen LogP contribution < -0.4 is 5.32 Å². The fraction of sp³-hybridized carbons (Fsp3) is 0.333. The lowest BCUT2D eigenvalue weighted by atomic mass is 10.2. The molecule has 112 valence electrons. The summed E-state index contributed by atoms with van der Waals surface area (Å²) in [4.78, 5) is 13.2. The van der Waals surface area contributed by atoms with E-state index < -0.39 is 0 Å². The molecule has 2 rings (SSSR count). The molecule has 0 radical (unpaired) electrons. The summed E-state index contributed by atoms with van der Waals surface area (Å²) in [7, 11) is 1.82. The first kappa shape index (κ1) is 16.1. The van der Waals surface area contributed by atoms with Crippen LogP contribution in [0.25, 0.3) is 0 Å². The Bertz CT molecular complexity index is 682. The maximum Gasteiger partial charge on any atom is 0.235 e. The van der Waals surface area contributed by atoms with Crippen LogP contribution in [0.1, 0.15) is 16.8 Å². The van der Waals surface area contributed by atoms with Crippen molar-refractivity contribution in [3.8, 4) is 0 Å². The Morgan fingerprint density at radius 3 is 2.62 bits per heavy atom. The second-order valence-corrected chi connectivity index (χ2v) is 6.87. The topological polar surface area (TPSA) is 46.9 Å². The first-order chi connectivity index (χ1) is 9.86. The maximum absolute atomic E-state index is 12.0. The van der Waals surface area contributed by atoms with E-state index >= 15 is 0 Å². The largest absolute Gasteiger partial charge is 0.310 e. The molecule has 1 N–H and O–H groups in total. The Morgan fingerprint density at radius 1 is 1.29 bits per heavy atom. The Morgan fingerprint density at radius 2 is 2.00 bits per heavy atom. The van der Waals surface area contributed by atoms with E-state index in [9.17, 15) is 4.79 Å². The predicted octanol–water partition coefficient (Wildman–Crippen LogP) is 3.84. The molecule has 4 nitrogen and oxygen atoms in total. The number of nitrogens with zero attached hydrogens (tertiary/aromatic N) is 2. The van der Waals surface area contributed by atoms with Crippen LogP contribution in [0.3, 0.4) is 0 Å². The molecular weight excluding hydrogens is 350 g/mol. The van der Waals surface area contributed by atoms with Crippen LogP contribution in [0.15, 0.2) is 27.6 Å². The highest BCUT2D eigenvalue weighted by Gasteiger charge is 2.09. The fourth-order valence-electron chi connectivity index (χ4n) is 1.96. The molecule has 1 aromatic carbocycles. The van der Waals surface area contributed by atoms with Crippen LogP contribution in [0, 0.1) is 20.8 Å². The van der Waals surface area contributed by atoms with Crippen molar-refractivity contribution in [2.24, 2.45) is 7.05 Å². The highest BCUT2D eigenvalue weighted by Crippen LogP contribution is 2.28. The number of rotatable bonds is 4. The number of nitrogens with one attached hydrogen (secondary N) is 1. The third-order valence-electron chi connectivity index (χ3n) is 3.08. The molecule has 1 heterocycles. The van der Waals surface area contributed by atoms with Crippen molar-refractivity contribution in [2.45, 2.75) is 25.7 Å². The number of hydrogen-bond acceptors (Lipinski definition) is 3. The van der Waals surface area contributed by atoms with Crippen LogP contribution in [0.5, 0.6) is 0 Å². The van der Waals surface area contributed by atoms with E-state index in [-0.39, 0.29) is 5.91 Å². The highest BCUT2D eigenvalue weighted by molar-refractivity contribution is 9.10. The average molecular weight is 368 g/mol. The van der Waals surface area contributed by atoms with Gasteiger partial charge < -0.3 is 5.32 Å². The zero-order valence-corrected chi connectivity index (χ0v) is 14.9. The number of thioether (sulfide) groups is 1. The summed E-state index contributed by atoms with van der Waals surface area (Å²) >= 11 is 5.06. The molecule has 0 atom stereocenters. The van der Waals surface area contributed by atoms with Crippen LogP contribution >= 0.6 is 27.7 Å². The normalized spacial score (nSPS) is 10.7. The minimum absolute atomic E-state index is 0.0250. The van der Waals surface area contributed by atoms with Gasteiger partial charge in [0.15, 0.2) is 0 Å². The molecule has 0 saturated heterocycles. The lowest BCUT2D eigenvalue weighted by Gasteiger charge is -2.09. The molecule has 0 aliphatic heterocycles. The summed E-state index contributed by atoms with van der Waals surface area (Å²) in [6.07, 6.45) is 0. The van der Waals surface area contributed by atoms with Gasteiger partial charge in [0.05, 0.1) is 11.4 Å². The molecule has 6 heteroatoms. The Hall–Kier alpha value is -1.27. The molecular formula is C15H18BrN3OS.